The summed E-state index contributed by atoms with van der Waals surface area (Å²) in [4.78, 5) is 12.4. The van der Waals surface area contributed by atoms with Crippen LogP contribution in [0.5, 0.6) is 0 Å². The molecule has 2 rings (SSSR count). The van der Waals surface area contributed by atoms with E-state index in [2.05, 4.69) is 32.2 Å². The molecular weight excluding hydrogens is 270 g/mol. The van der Waals surface area contributed by atoms with Crippen molar-refractivity contribution in [1.29, 1.82) is 0 Å². The van der Waals surface area contributed by atoms with Crippen molar-refractivity contribution in [1.82, 2.24) is 0 Å². The van der Waals surface area contributed by atoms with Gasteiger partial charge in [-0.05, 0) is 36.1 Å². The van der Waals surface area contributed by atoms with Crippen LogP contribution in [-0.2, 0) is 9.53 Å². The highest BCUT2D eigenvalue weighted by molar-refractivity contribution is 7.99. The Kier molecular flexibility index (Phi) is 4.33. The number of carbonyl (C=O) groups is 1. The Hall–Kier alpha value is -1.16. The summed E-state index contributed by atoms with van der Waals surface area (Å²) in [5, 5.41) is 3.47. The van der Waals surface area contributed by atoms with Gasteiger partial charge in [0.1, 0.15) is 5.54 Å². The van der Waals surface area contributed by atoms with Crippen LogP contribution in [0.1, 0.15) is 25.8 Å². The number of nitrogens with one attached hydrogen (secondary N) is 1. The number of rotatable bonds is 3. The Morgan fingerprint density at radius 3 is 2.60 bits per heavy atom. The molecule has 1 unspecified atom stereocenters. The zero-order valence-corrected chi connectivity index (χ0v) is 13.5. The molecule has 1 N–H and O–H groups in total. The van der Waals surface area contributed by atoms with Crippen LogP contribution in [-0.4, -0.2) is 30.1 Å². The first-order valence-corrected chi connectivity index (χ1v) is 8.04. The minimum atomic E-state index is -0.632. The molecule has 0 spiro atoms. The molecule has 1 atom stereocenters. The number of thioether (sulfide) groups is 1. The number of para-hydroxylation sites is 1. The number of benzene rings is 1. The summed E-state index contributed by atoms with van der Waals surface area (Å²) in [6.45, 7) is 6.46. The summed E-state index contributed by atoms with van der Waals surface area (Å²) < 4.78 is 5.08. The van der Waals surface area contributed by atoms with Crippen LogP contribution in [0.3, 0.4) is 0 Å². The lowest BCUT2D eigenvalue weighted by atomic mass is 9.79. The van der Waals surface area contributed by atoms with Gasteiger partial charge in [-0.25, -0.2) is 4.79 Å². The van der Waals surface area contributed by atoms with E-state index in [1.165, 1.54) is 7.11 Å². The summed E-state index contributed by atoms with van der Waals surface area (Å²) in [7, 11) is 1.47. The highest BCUT2D eigenvalue weighted by Gasteiger charge is 2.47. The van der Waals surface area contributed by atoms with Gasteiger partial charge in [0, 0.05) is 11.4 Å². The molecule has 110 valence electrons. The van der Waals surface area contributed by atoms with Gasteiger partial charge in [-0.1, -0.05) is 32.0 Å². The van der Waals surface area contributed by atoms with Crippen molar-refractivity contribution >= 4 is 23.4 Å². The van der Waals surface area contributed by atoms with E-state index in [4.69, 9.17) is 4.74 Å². The lowest BCUT2D eigenvalue weighted by Gasteiger charge is -2.43. The molecule has 1 aliphatic heterocycles. The molecule has 1 heterocycles. The first-order chi connectivity index (χ1) is 9.38. The van der Waals surface area contributed by atoms with E-state index >= 15 is 0 Å². The van der Waals surface area contributed by atoms with Crippen LogP contribution in [0.2, 0.25) is 0 Å². The number of methoxy groups -OCH3 is 1. The second kappa shape index (κ2) is 5.68. The Morgan fingerprint density at radius 2 is 2.00 bits per heavy atom. The first-order valence-electron chi connectivity index (χ1n) is 6.89. The summed E-state index contributed by atoms with van der Waals surface area (Å²) >= 11 is 1.81. The second-order valence-electron chi connectivity index (χ2n) is 6.35. The zero-order chi connectivity index (χ0) is 14.8. The van der Waals surface area contributed by atoms with E-state index in [-0.39, 0.29) is 11.4 Å². The van der Waals surface area contributed by atoms with Crippen LogP contribution >= 0.6 is 11.8 Å². The SMILES string of the molecule is COC(=O)C1(Nc2ccccc2C)CSCC(C)(C)C1. The number of ether oxygens (including phenoxy) is 1. The van der Waals surface area contributed by atoms with E-state index in [1.54, 1.807) is 0 Å². The van der Waals surface area contributed by atoms with Crippen molar-refractivity contribution in [2.45, 2.75) is 32.7 Å². The minimum Gasteiger partial charge on any atom is -0.467 e. The molecule has 0 aliphatic carbocycles. The lowest BCUT2D eigenvalue weighted by molar-refractivity contribution is -0.146. The summed E-state index contributed by atoms with van der Waals surface area (Å²) in [6.07, 6.45) is 0.786. The number of carbonyl (C=O) groups excluding carboxylic acids is 1. The van der Waals surface area contributed by atoms with Crippen molar-refractivity contribution in [2.24, 2.45) is 5.41 Å². The largest absolute Gasteiger partial charge is 0.467 e. The maximum atomic E-state index is 12.4. The van der Waals surface area contributed by atoms with Crippen molar-refractivity contribution in [3.63, 3.8) is 0 Å². The molecular formula is C16H23NO2S. The van der Waals surface area contributed by atoms with Gasteiger partial charge >= 0.3 is 5.97 Å². The first kappa shape index (κ1) is 15.2. The average Bonchev–Trinajstić information content (AvgIpc) is 2.39. The smallest absolute Gasteiger partial charge is 0.332 e. The fraction of sp³-hybridized carbons (Fsp3) is 0.562. The van der Waals surface area contributed by atoms with Crippen molar-refractivity contribution in [2.75, 3.05) is 23.9 Å². The number of esters is 1. The highest BCUT2D eigenvalue weighted by atomic mass is 32.2. The van der Waals surface area contributed by atoms with Gasteiger partial charge < -0.3 is 10.1 Å². The molecule has 20 heavy (non-hydrogen) atoms. The van der Waals surface area contributed by atoms with E-state index in [1.807, 2.05) is 30.0 Å². The number of hydrogen-bond acceptors (Lipinski definition) is 4. The summed E-state index contributed by atoms with van der Waals surface area (Å²) in [5.41, 5.74) is 1.64. The third kappa shape index (κ3) is 3.11. The Morgan fingerprint density at radius 1 is 1.30 bits per heavy atom. The van der Waals surface area contributed by atoms with Gasteiger partial charge in [0.2, 0.25) is 0 Å². The monoisotopic (exact) mass is 293 g/mol. The molecule has 4 heteroatoms. The van der Waals surface area contributed by atoms with E-state index < -0.39 is 5.54 Å². The van der Waals surface area contributed by atoms with Gasteiger partial charge in [-0.2, -0.15) is 11.8 Å². The molecule has 0 amide bonds. The Labute approximate surface area is 125 Å². The van der Waals surface area contributed by atoms with Gasteiger partial charge in [0.15, 0.2) is 0 Å². The molecule has 0 radical (unpaired) electrons. The number of anilines is 1. The molecule has 0 aromatic heterocycles. The van der Waals surface area contributed by atoms with Crippen LogP contribution in [0.4, 0.5) is 5.69 Å². The third-order valence-corrected chi connectivity index (χ3v) is 5.40. The minimum absolute atomic E-state index is 0.118. The molecule has 0 bridgehead atoms. The van der Waals surface area contributed by atoms with Crippen LogP contribution in [0, 0.1) is 12.3 Å². The van der Waals surface area contributed by atoms with Crippen LogP contribution in [0.15, 0.2) is 24.3 Å². The highest BCUT2D eigenvalue weighted by Crippen LogP contribution is 2.41. The fourth-order valence-corrected chi connectivity index (χ4v) is 4.25. The van der Waals surface area contributed by atoms with Crippen LogP contribution < -0.4 is 5.32 Å². The predicted octanol–water partition coefficient (Wildman–Crippen LogP) is 3.48. The quantitative estimate of drug-likeness (QED) is 0.866. The molecule has 0 saturated carbocycles. The van der Waals surface area contributed by atoms with E-state index in [9.17, 15) is 4.79 Å². The average molecular weight is 293 g/mol. The normalized spacial score (nSPS) is 25.0. The number of hydrogen-bond donors (Lipinski definition) is 1. The van der Waals surface area contributed by atoms with Gasteiger partial charge in [0.05, 0.1) is 7.11 Å². The maximum Gasteiger partial charge on any atom is 0.332 e. The standard InChI is InChI=1S/C16H23NO2S/c1-12-7-5-6-8-13(12)17-16(14(18)19-4)9-15(2,3)10-20-11-16/h5-8,17H,9-11H2,1-4H3. The van der Waals surface area contributed by atoms with Gasteiger partial charge in [-0.15, -0.1) is 0 Å². The molecule has 1 aromatic rings. The number of aryl methyl sites for hydroxylation is 1. The molecule has 1 fully saturated rings. The van der Waals surface area contributed by atoms with Crippen molar-refractivity contribution < 1.29 is 9.53 Å². The van der Waals surface area contributed by atoms with Crippen molar-refractivity contribution in [3.05, 3.63) is 29.8 Å². The predicted molar refractivity (Wildman–Crippen MR) is 85.3 cm³/mol. The summed E-state index contributed by atoms with van der Waals surface area (Å²) in [6, 6.07) is 8.06. The summed E-state index contributed by atoms with van der Waals surface area (Å²) in [5.74, 6) is 1.65. The van der Waals surface area contributed by atoms with Crippen LogP contribution in [0.25, 0.3) is 0 Å². The third-order valence-electron chi connectivity index (χ3n) is 3.72. The molecule has 3 nitrogen and oxygen atoms in total. The van der Waals surface area contributed by atoms with E-state index in [0.717, 1.165) is 29.2 Å². The Bertz CT molecular complexity index is 501. The fourth-order valence-electron chi connectivity index (χ4n) is 2.85. The van der Waals surface area contributed by atoms with E-state index in [0.29, 0.717) is 0 Å². The molecule has 1 saturated heterocycles. The topological polar surface area (TPSA) is 38.3 Å². The van der Waals surface area contributed by atoms with Crippen molar-refractivity contribution in [3.8, 4) is 0 Å². The molecule has 1 aliphatic rings. The lowest BCUT2D eigenvalue weighted by Crippen LogP contribution is -2.55. The Balaban J connectivity index is 2.33. The second-order valence-corrected chi connectivity index (χ2v) is 7.33. The van der Waals surface area contributed by atoms with Gasteiger partial charge in [0.25, 0.3) is 0 Å². The van der Waals surface area contributed by atoms with Gasteiger partial charge in [-0.3, -0.25) is 0 Å². The molecule has 1 aromatic carbocycles. The maximum absolute atomic E-state index is 12.4. The zero-order valence-electron chi connectivity index (χ0n) is 12.7.